The quantitative estimate of drug-likeness (QED) is 0.618. The molecule has 2 unspecified atom stereocenters. The van der Waals surface area contributed by atoms with Crippen LogP contribution in [0.25, 0.3) is 0 Å². The van der Waals surface area contributed by atoms with Crippen LogP contribution in [0.15, 0.2) is 35.3 Å². The third-order valence-electron chi connectivity index (χ3n) is 4.47. The van der Waals surface area contributed by atoms with E-state index in [1.807, 2.05) is 6.07 Å². The molecule has 134 valence electrons. The monoisotopic (exact) mass is 332 g/mol. The number of ether oxygens (including phenoxy) is 1. The van der Waals surface area contributed by atoms with Gasteiger partial charge >= 0.3 is 0 Å². The molecule has 0 aliphatic carbocycles. The summed E-state index contributed by atoms with van der Waals surface area (Å²) in [6, 6.07) is 10.4. The Kier molecular flexibility index (Phi) is 6.63. The molecule has 3 N–H and O–H groups in total. The van der Waals surface area contributed by atoms with Crippen LogP contribution in [-0.4, -0.2) is 54.8 Å². The Bertz CT molecular complexity index is 519. The summed E-state index contributed by atoms with van der Waals surface area (Å²) in [5.41, 5.74) is 7.30. The summed E-state index contributed by atoms with van der Waals surface area (Å²) in [6.45, 7) is 12.0. The normalized spacial score (nSPS) is 23.2. The van der Waals surface area contributed by atoms with E-state index in [2.05, 4.69) is 67.2 Å². The first-order valence-electron chi connectivity index (χ1n) is 8.85. The summed E-state index contributed by atoms with van der Waals surface area (Å²) < 4.78 is 5.82. The number of nitrogens with one attached hydrogen (secondary N) is 1. The smallest absolute Gasteiger partial charge is 0.188 e. The number of aliphatic imine (C=N–C) groups is 1. The summed E-state index contributed by atoms with van der Waals surface area (Å²) in [6.07, 6.45) is 1.47. The van der Waals surface area contributed by atoms with E-state index >= 15 is 0 Å². The van der Waals surface area contributed by atoms with Crippen molar-refractivity contribution in [3.05, 3.63) is 35.9 Å². The zero-order valence-corrected chi connectivity index (χ0v) is 15.5. The van der Waals surface area contributed by atoms with Crippen molar-refractivity contribution in [2.75, 3.05) is 26.2 Å². The molecular weight excluding hydrogens is 300 g/mol. The molecular formula is C19H32N4O. The lowest BCUT2D eigenvalue weighted by Crippen LogP contribution is -2.56. The van der Waals surface area contributed by atoms with Crippen LogP contribution in [0.5, 0.6) is 0 Å². The molecule has 0 spiro atoms. The molecule has 1 saturated heterocycles. The van der Waals surface area contributed by atoms with E-state index in [-0.39, 0.29) is 17.7 Å². The van der Waals surface area contributed by atoms with Crippen LogP contribution in [0.2, 0.25) is 0 Å². The highest BCUT2D eigenvalue weighted by Crippen LogP contribution is 2.21. The SMILES string of the molecule is CC1CN(C(C)(C)CN=C(N)NCCc2ccccc2)CC(C)O1. The van der Waals surface area contributed by atoms with Gasteiger partial charge in [-0.3, -0.25) is 9.89 Å². The van der Waals surface area contributed by atoms with Crippen LogP contribution < -0.4 is 11.1 Å². The number of nitrogens with two attached hydrogens (primary N) is 1. The van der Waals surface area contributed by atoms with E-state index in [4.69, 9.17) is 10.5 Å². The zero-order chi connectivity index (χ0) is 17.6. The third-order valence-corrected chi connectivity index (χ3v) is 4.47. The van der Waals surface area contributed by atoms with Gasteiger partial charge in [-0.15, -0.1) is 0 Å². The maximum Gasteiger partial charge on any atom is 0.188 e. The molecule has 24 heavy (non-hydrogen) atoms. The van der Waals surface area contributed by atoms with Crippen LogP contribution in [-0.2, 0) is 11.2 Å². The maximum absolute atomic E-state index is 6.02. The number of morpholine rings is 1. The molecule has 0 saturated carbocycles. The Hall–Kier alpha value is -1.59. The van der Waals surface area contributed by atoms with Gasteiger partial charge in [-0.2, -0.15) is 0 Å². The fraction of sp³-hybridized carbons (Fsp3) is 0.632. The van der Waals surface area contributed by atoms with Crippen LogP contribution in [0.1, 0.15) is 33.3 Å². The van der Waals surface area contributed by atoms with Gasteiger partial charge < -0.3 is 15.8 Å². The van der Waals surface area contributed by atoms with Gasteiger partial charge in [0.25, 0.3) is 0 Å². The van der Waals surface area contributed by atoms with Gasteiger partial charge in [-0.1, -0.05) is 30.3 Å². The highest BCUT2D eigenvalue weighted by Gasteiger charge is 2.32. The van der Waals surface area contributed by atoms with Crippen LogP contribution in [0, 0.1) is 0 Å². The molecule has 1 aromatic carbocycles. The van der Waals surface area contributed by atoms with E-state index in [1.54, 1.807) is 0 Å². The second-order valence-corrected chi connectivity index (χ2v) is 7.34. The van der Waals surface area contributed by atoms with Gasteiger partial charge in [0, 0.05) is 25.2 Å². The minimum atomic E-state index is -0.0297. The molecule has 5 heteroatoms. The highest BCUT2D eigenvalue weighted by atomic mass is 16.5. The van der Waals surface area contributed by atoms with Crippen molar-refractivity contribution in [1.82, 2.24) is 10.2 Å². The highest BCUT2D eigenvalue weighted by molar-refractivity contribution is 5.77. The molecule has 0 amide bonds. The van der Waals surface area contributed by atoms with Crippen molar-refractivity contribution in [2.24, 2.45) is 10.7 Å². The molecule has 2 atom stereocenters. The van der Waals surface area contributed by atoms with Crippen molar-refractivity contribution < 1.29 is 4.74 Å². The summed E-state index contributed by atoms with van der Waals surface area (Å²) in [5.74, 6) is 0.522. The van der Waals surface area contributed by atoms with E-state index in [9.17, 15) is 0 Å². The molecule has 1 heterocycles. The van der Waals surface area contributed by atoms with E-state index in [1.165, 1.54) is 5.56 Å². The van der Waals surface area contributed by atoms with Crippen molar-refractivity contribution in [2.45, 2.75) is 51.9 Å². The van der Waals surface area contributed by atoms with Crippen LogP contribution >= 0.6 is 0 Å². The van der Waals surface area contributed by atoms with E-state index < -0.39 is 0 Å². The molecule has 0 radical (unpaired) electrons. The van der Waals surface area contributed by atoms with Crippen molar-refractivity contribution in [1.29, 1.82) is 0 Å². The Morgan fingerprint density at radius 2 is 1.88 bits per heavy atom. The molecule has 0 bridgehead atoms. The van der Waals surface area contributed by atoms with Crippen LogP contribution in [0.4, 0.5) is 0 Å². The number of hydrogen-bond donors (Lipinski definition) is 2. The molecule has 5 nitrogen and oxygen atoms in total. The molecule has 1 aliphatic heterocycles. The molecule has 1 aromatic rings. The van der Waals surface area contributed by atoms with Crippen molar-refractivity contribution >= 4 is 5.96 Å². The topological polar surface area (TPSA) is 62.9 Å². The minimum Gasteiger partial charge on any atom is -0.373 e. The van der Waals surface area contributed by atoms with E-state index in [0.29, 0.717) is 12.5 Å². The summed E-state index contributed by atoms with van der Waals surface area (Å²) in [5, 5.41) is 3.21. The zero-order valence-electron chi connectivity index (χ0n) is 15.5. The fourth-order valence-electron chi connectivity index (χ4n) is 3.09. The van der Waals surface area contributed by atoms with Crippen molar-refractivity contribution in [3.63, 3.8) is 0 Å². The second-order valence-electron chi connectivity index (χ2n) is 7.34. The Balaban J connectivity index is 1.79. The van der Waals surface area contributed by atoms with Gasteiger partial charge in [-0.05, 0) is 39.7 Å². The summed E-state index contributed by atoms with van der Waals surface area (Å²) >= 11 is 0. The largest absolute Gasteiger partial charge is 0.373 e. The lowest BCUT2D eigenvalue weighted by molar-refractivity contribution is -0.0939. The predicted octanol–water partition coefficient (Wildman–Crippen LogP) is 2.02. The van der Waals surface area contributed by atoms with Gasteiger partial charge in [-0.25, -0.2) is 0 Å². The molecule has 2 rings (SSSR count). The average Bonchev–Trinajstić information content (AvgIpc) is 2.53. The van der Waals surface area contributed by atoms with E-state index in [0.717, 1.165) is 26.1 Å². The molecule has 1 aliphatic rings. The fourth-order valence-corrected chi connectivity index (χ4v) is 3.09. The predicted molar refractivity (Wildman–Crippen MR) is 100 cm³/mol. The first-order valence-corrected chi connectivity index (χ1v) is 8.85. The minimum absolute atomic E-state index is 0.0297. The maximum atomic E-state index is 6.02. The lowest BCUT2D eigenvalue weighted by Gasteiger charge is -2.44. The Morgan fingerprint density at radius 1 is 1.25 bits per heavy atom. The van der Waals surface area contributed by atoms with Crippen molar-refractivity contribution in [3.8, 4) is 0 Å². The molecule has 0 aromatic heterocycles. The first kappa shape index (κ1) is 18.7. The number of rotatable bonds is 6. The first-order chi connectivity index (χ1) is 11.4. The summed E-state index contributed by atoms with van der Waals surface area (Å²) in [7, 11) is 0. The van der Waals surface area contributed by atoms with Gasteiger partial charge in [0.05, 0.1) is 18.8 Å². The number of benzene rings is 1. The van der Waals surface area contributed by atoms with Crippen LogP contribution in [0.3, 0.4) is 0 Å². The number of hydrogen-bond acceptors (Lipinski definition) is 3. The number of guanidine groups is 1. The Labute approximate surface area is 146 Å². The second kappa shape index (κ2) is 8.49. The Morgan fingerprint density at radius 3 is 2.50 bits per heavy atom. The number of nitrogens with zero attached hydrogens (tertiary/aromatic N) is 2. The summed E-state index contributed by atoms with van der Waals surface area (Å²) in [4.78, 5) is 7.00. The average molecular weight is 332 g/mol. The van der Waals surface area contributed by atoms with Gasteiger partial charge in [0.15, 0.2) is 5.96 Å². The molecule has 1 fully saturated rings. The standard InChI is InChI=1S/C19H32N4O/c1-15-12-23(13-16(2)24-15)19(3,4)14-22-18(20)21-11-10-17-8-6-5-7-9-17/h5-9,15-16H,10-14H2,1-4H3,(H3,20,21,22). The lowest BCUT2D eigenvalue weighted by atomic mass is 10.0. The van der Waals surface area contributed by atoms with Gasteiger partial charge in [0.2, 0.25) is 0 Å². The van der Waals surface area contributed by atoms with Gasteiger partial charge in [0.1, 0.15) is 0 Å². The third kappa shape index (κ3) is 5.80.